The zero-order valence-corrected chi connectivity index (χ0v) is 12.7. The molecule has 0 fully saturated rings. The Kier molecular flexibility index (Phi) is 4.17. The lowest BCUT2D eigenvalue weighted by atomic mass is 10.1. The molecular formula is C14H18BrN3. The van der Waals surface area contributed by atoms with Gasteiger partial charge in [-0.25, -0.2) is 9.67 Å². The Morgan fingerprint density at radius 1 is 1.22 bits per heavy atom. The number of halogens is 1. The Bertz CT molecular complexity index is 546. The lowest BCUT2D eigenvalue weighted by Gasteiger charge is -2.09. The molecule has 0 radical (unpaired) electrons. The summed E-state index contributed by atoms with van der Waals surface area (Å²) in [6.45, 7) is 6.32. The lowest BCUT2D eigenvalue weighted by Crippen LogP contribution is -2.04. The first-order valence-corrected chi connectivity index (χ1v) is 7.42. The largest absolute Gasteiger partial charge is 0.217 e. The minimum absolute atomic E-state index is 0.874. The summed E-state index contributed by atoms with van der Waals surface area (Å²) in [6, 6.07) is 6.44. The van der Waals surface area contributed by atoms with Crippen molar-refractivity contribution in [2.45, 2.75) is 38.9 Å². The summed E-state index contributed by atoms with van der Waals surface area (Å²) in [7, 11) is 0. The number of alkyl halides is 1. The van der Waals surface area contributed by atoms with E-state index in [-0.39, 0.29) is 0 Å². The predicted molar refractivity (Wildman–Crippen MR) is 77.5 cm³/mol. The molecule has 2 rings (SSSR count). The molecular weight excluding hydrogens is 290 g/mol. The molecule has 0 amide bonds. The molecule has 3 nitrogen and oxygen atoms in total. The van der Waals surface area contributed by atoms with Crippen LogP contribution >= 0.6 is 15.9 Å². The van der Waals surface area contributed by atoms with Gasteiger partial charge >= 0.3 is 0 Å². The fourth-order valence-corrected chi connectivity index (χ4v) is 2.35. The average Bonchev–Trinajstić information content (AvgIpc) is 2.81. The average molecular weight is 308 g/mol. The quantitative estimate of drug-likeness (QED) is 0.808. The van der Waals surface area contributed by atoms with Gasteiger partial charge in [-0.05, 0) is 24.1 Å². The summed E-state index contributed by atoms with van der Waals surface area (Å²) in [4.78, 5) is 4.55. The molecule has 4 heteroatoms. The van der Waals surface area contributed by atoms with Crippen molar-refractivity contribution in [3.8, 4) is 5.69 Å². The fraction of sp³-hybridized carbons (Fsp3) is 0.429. The highest BCUT2D eigenvalue weighted by Crippen LogP contribution is 2.18. The van der Waals surface area contributed by atoms with Crippen LogP contribution in [0.2, 0.25) is 0 Å². The summed E-state index contributed by atoms with van der Waals surface area (Å²) in [5, 5.41) is 5.46. The summed E-state index contributed by atoms with van der Waals surface area (Å²) >= 11 is 3.48. The van der Waals surface area contributed by atoms with E-state index < -0.39 is 0 Å². The Labute approximate surface area is 116 Å². The molecule has 0 saturated carbocycles. The van der Waals surface area contributed by atoms with Crippen LogP contribution in [0.25, 0.3) is 5.69 Å². The standard InChI is InChI=1S/C14H18BrN3/c1-4-13-16-14(5-2)18(17-13)12-7-6-11(9-15)8-10(12)3/h6-8H,4-5,9H2,1-3H3. The van der Waals surface area contributed by atoms with Crippen LogP contribution in [0.15, 0.2) is 18.2 Å². The molecule has 1 aromatic heterocycles. The third kappa shape index (κ3) is 2.48. The van der Waals surface area contributed by atoms with Crippen LogP contribution in [0.4, 0.5) is 0 Å². The minimum Gasteiger partial charge on any atom is -0.217 e. The maximum Gasteiger partial charge on any atom is 0.151 e. The molecule has 1 aromatic carbocycles. The van der Waals surface area contributed by atoms with Gasteiger partial charge in [0.25, 0.3) is 0 Å². The van der Waals surface area contributed by atoms with E-state index in [1.165, 1.54) is 11.1 Å². The van der Waals surface area contributed by atoms with Crippen LogP contribution in [-0.2, 0) is 18.2 Å². The van der Waals surface area contributed by atoms with Gasteiger partial charge in [-0.15, -0.1) is 0 Å². The number of rotatable bonds is 4. The number of nitrogens with zero attached hydrogens (tertiary/aromatic N) is 3. The van der Waals surface area contributed by atoms with Crippen molar-refractivity contribution >= 4 is 15.9 Å². The van der Waals surface area contributed by atoms with E-state index in [0.717, 1.165) is 35.5 Å². The maximum atomic E-state index is 4.58. The highest BCUT2D eigenvalue weighted by molar-refractivity contribution is 9.08. The molecule has 0 atom stereocenters. The highest BCUT2D eigenvalue weighted by atomic mass is 79.9. The number of aryl methyl sites for hydroxylation is 3. The Hall–Kier alpha value is -1.16. The van der Waals surface area contributed by atoms with Crippen molar-refractivity contribution in [1.82, 2.24) is 14.8 Å². The molecule has 0 saturated heterocycles. The predicted octanol–water partition coefficient (Wildman–Crippen LogP) is 3.60. The first-order chi connectivity index (χ1) is 8.69. The summed E-state index contributed by atoms with van der Waals surface area (Å²) in [5.41, 5.74) is 3.64. The normalized spacial score (nSPS) is 10.9. The van der Waals surface area contributed by atoms with Crippen molar-refractivity contribution in [1.29, 1.82) is 0 Å². The molecule has 0 aliphatic rings. The van der Waals surface area contributed by atoms with Gasteiger partial charge in [0.05, 0.1) is 5.69 Å². The zero-order valence-electron chi connectivity index (χ0n) is 11.1. The van der Waals surface area contributed by atoms with Crippen LogP contribution in [0.5, 0.6) is 0 Å². The van der Waals surface area contributed by atoms with Crippen molar-refractivity contribution in [3.63, 3.8) is 0 Å². The van der Waals surface area contributed by atoms with Crippen LogP contribution in [-0.4, -0.2) is 14.8 Å². The van der Waals surface area contributed by atoms with Crippen molar-refractivity contribution in [2.75, 3.05) is 0 Å². The van der Waals surface area contributed by atoms with Gasteiger partial charge in [0.1, 0.15) is 5.82 Å². The monoisotopic (exact) mass is 307 g/mol. The van der Waals surface area contributed by atoms with Gasteiger partial charge in [-0.1, -0.05) is 41.9 Å². The molecule has 18 heavy (non-hydrogen) atoms. The molecule has 1 heterocycles. The zero-order chi connectivity index (χ0) is 13.1. The Balaban J connectivity index is 2.50. The van der Waals surface area contributed by atoms with Crippen molar-refractivity contribution in [2.24, 2.45) is 0 Å². The van der Waals surface area contributed by atoms with E-state index in [1.807, 2.05) is 4.68 Å². The minimum atomic E-state index is 0.874. The van der Waals surface area contributed by atoms with E-state index >= 15 is 0 Å². The molecule has 0 spiro atoms. The highest BCUT2D eigenvalue weighted by Gasteiger charge is 2.11. The van der Waals surface area contributed by atoms with E-state index in [2.05, 4.69) is 65.0 Å². The first kappa shape index (κ1) is 13.3. The first-order valence-electron chi connectivity index (χ1n) is 6.30. The number of hydrogen-bond acceptors (Lipinski definition) is 2. The van der Waals surface area contributed by atoms with Gasteiger partial charge < -0.3 is 0 Å². The molecule has 0 aliphatic heterocycles. The number of aromatic nitrogens is 3. The topological polar surface area (TPSA) is 30.7 Å². The third-order valence-corrected chi connectivity index (χ3v) is 3.64. The second kappa shape index (κ2) is 5.65. The van der Waals surface area contributed by atoms with E-state index in [9.17, 15) is 0 Å². The number of benzene rings is 1. The molecule has 0 unspecified atom stereocenters. The molecule has 0 aliphatic carbocycles. The van der Waals surface area contributed by atoms with E-state index in [4.69, 9.17) is 0 Å². The second-order valence-electron chi connectivity index (χ2n) is 4.32. The van der Waals surface area contributed by atoms with Crippen molar-refractivity contribution in [3.05, 3.63) is 41.0 Å². The van der Waals surface area contributed by atoms with Gasteiger partial charge in [0, 0.05) is 18.2 Å². The van der Waals surface area contributed by atoms with Gasteiger partial charge in [0.2, 0.25) is 0 Å². The van der Waals surface area contributed by atoms with Crippen LogP contribution in [0.1, 0.15) is 36.6 Å². The summed E-state index contributed by atoms with van der Waals surface area (Å²) in [5.74, 6) is 1.94. The van der Waals surface area contributed by atoms with Crippen LogP contribution in [0, 0.1) is 6.92 Å². The SMILES string of the molecule is CCc1nc(CC)n(-c2ccc(CBr)cc2C)n1. The lowest BCUT2D eigenvalue weighted by molar-refractivity contribution is 0.786. The molecule has 96 valence electrons. The third-order valence-electron chi connectivity index (χ3n) is 2.99. The van der Waals surface area contributed by atoms with Gasteiger partial charge in [-0.3, -0.25) is 0 Å². The van der Waals surface area contributed by atoms with E-state index in [1.54, 1.807) is 0 Å². The van der Waals surface area contributed by atoms with Crippen LogP contribution in [0.3, 0.4) is 0 Å². The van der Waals surface area contributed by atoms with Gasteiger partial charge in [-0.2, -0.15) is 5.10 Å². The molecule has 0 bridgehead atoms. The fourth-order valence-electron chi connectivity index (χ4n) is 2.00. The van der Waals surface area contributed by atoms with Crippen molar-refractivity contribution < 1.29 is 0 Å². The smallest absolute Gasteiger partial charge is 0.151 e. The van der Waals surface area contributed by atoms with Crippen LogP contribution < -0.4 is 0 Å². The molecule has 2 aromatic rings. The maximum absolute atomic E-state index is 4.58. The van der Waals surface area contributed by atoms with E-state index in [0.29, 0.717) is 0 Å². The number of hydrogen-bond donors (Lipinski definition) is 0. The Morgan fingerprint density at radius 3 is 2.56 bits per heavy atom. The van der Waals surface area contributed by atoms with Gasteiger partial charge in [0.15, 0.2) is 5.82 Å². The summed E-state index contributed by atoms with van der Waals surface area (Å²) < 4.78 is 1.98. The second-order valence-corrected chi connectivity index (χ2v) is 4.88. The molecule has 0 N–H and O–H groups in total. The summed E-state index contributed by atoms with van der Waals surface area (Å²) in [6.07, 6.45) is 1.77. The Morgan fingerprint density at radius 2 is 2.00 bits per heavy atom.